The van der Waals surface area contributed by atoms with Crippen LogP contribution in [0.4, 0.5) is 0 Å². The monoisotopic (exact) mass is 436 g/mol. The third-order valence-electron chi connectivity index (χ3n) is 5.66. The van der Waals surface area contributed by atoms with Gasteiger partial charge in [0, 0.05) is 37.4 Å². The summed E-state index contributed by atoms with van der Waals surface area (Å²) < 4.78 is 32.6. The number of aliphatic hydroxyl groups is 1. The number of morpholine rings is 1. The number of rotatable bonds is 5. The fraction of sp³-hybridized carbons (Fsp3) is 0.450. The zero-order chi connectivity index (χ0) is 20.6. The lowest BCUT2D eigenvalue weighted by atomic mass is 9.88. The zero-order valence-electron chi connectivity index (χ0n) is 16.1. The molecule has 1 aromatic heterocycles. The van der Waals surface area contributed by atoms with Gasteiger partial charge in [-0.25, -0.2) is 8.42 Å². The van der Waals surface area contributed by atoms with E-state index in [9.17, 15) is 18.3 Å². The first-order valence-corrected chi connectivity index (χ1v) is 11.8. The Hall–Kier alpha value is -1.78. The van der Waals surface area contributed by atoms with E-state index in [2.05, 4.69) is 0 Å². The molecule has 4 rings (SSSR count). The van der Waals surface area contributed by atoms with Crippen LogP contribution >= 0.6 is 11.3 Å². The van der Waals surface area contributed by atoms with Gasteiger partial charge in [-0.2, -0.15) is 4.31 Å². The van der Waals surface area contributed by atoms with Crippen LogP contribution in [0.1, 0.15) is 28.9 Å². The Bertz CT molecular complexity index is 970. The molecule has 2 aliphatic rings. The molecular weight excluding hydrogens is 412 g/mol. The molecule has 0 aliphatic carbocycles. The Morgan fingerprint density at radius 2 is 1.83 bits per heavy atom. The molecule has 0 bridgehead atoms. The highest BCUT2D eigenvalue weighted by atomic mass is 32.2. The van der Waals surface area contributed by atoms with E-state index >= 15 is 0 Å². The molecule has 2 fully saturated rings. The summed E-state index contributed by atoms with van der Waals surface area (Å²) in [4.78, 5) is 14.5. The number of nitrogens with zero attached hydrogens (tertiary/aromatic N) is 2. The minimum Gasteiger partial charge on any atom is -0.385 e. The fourth-order valence-electron chi connectivity index (χ4n) is 4.05. The Kier molecular flexibility index (Phi) is 5.76. The van der Waals surface area contributed by atoms with E-state index < -0.39 is 22.2 Å². The number of benzene rings is 1. The largest absolute Gasteiger partial charge is 0.385 e. The van der Waals surface area contributed by atoms with Gasteiger partial charge in [-0.3, -0.25) is 4.79 Å². The first-order valence-electron chi connectivity index (χ1n) is 9.56. The lowest BCUT2D eigenvalue weighted by molar-refractivity contribution is -0.128. The van der Waals surface area contributed by atoms with Gasteiger partial charge in [0.25, 0.3) is 10.0 Å². The van der Waals surface area contributed by atoms with Crippen molar-refractivity contribution >= 4 is 27.3 Å². The summed E-state index contributed by atoms with van der Waals surface area (Å²) >= 11 is 1.07. The molecule has 1 N–H and O–H groups in total. The van der Waals surface area contributed by atoms with Crippen LogP contribution < -0.4 is 0 Å². The molecule has 0 radical (unpaired) electrons. The van der Waals surface area contributed by atoms with E-state index in [0.29, 0.717) is 37.6 Å². The highest BCUT2D eigenvalue weighted by molar-refractivity contribution is 7.91. The maximum absolute atomic E-state index is 12.9. The van der Waals surface area contributed by atoms with Crippen LogP contribution in [0.5, 0.6) is 0 Å². The normalized spacial score (nSPS) is 24.8. The van der Waals surface area contributed by atoms with Crippen LogP contribution in [0.25, 0.3) is 0 Å². The molecule has 3 atom stereocenters. The quantitative estimate of drug-likeness (QED) is 0.773. The summed E-state index contributed by atoms with van der Waals surface area (Å²) in [6.07, 6.45) is -0.637. The van der Waals surface area contributed by atoms with E-state index in [4.69, 9.17) is 4.74 Å². The molecule has 29 heavy (non-hydrogen) atoms. The number of sulfonamides is 1. The maximum atomic E-state index is 12.9. The number of amides is 1. The molecule has 2 aromatic rings. The second-order valence-corrected chi connectivity index (χ2v) is 10.6. The first-order chi connectivity index (χ1) is 13.9. The van der Waals surface area contributed by atoms with Crippen molar-refractivity contribution in [2.24, 2.45) is 0 Å². The van der Waals surface area contributed by atoms with E-state index in [1.165, 1.54) is 4.31 Å². The number of thiophene rings is 1. The number of hydrogen-bond acceptors (Lipinski definition) is 6. The van der Waals surface area contributed by atoms with Crippen molar-refractivity contribution in [3.05, 3.63) is 52.9 Å². The maximum Gasteiger partial charge on any atom is 0.252 e. The van der Waals surface area contributed by atoms with E-state index in [0.717, 1.165) is 16.9 Å². The van der Waals surface area contributed by atoms with Gasteiger partial charge >= 0.3 is 0 Å². The summed E-state index contributed by atoms with van der Waals surface area (Å²) in [7, 11) is -1.92. The highest BCUT2D eigenvalue weighted by Gasteiger charge is 2.43. The van der Waals surface area contributed by atoms with Crippen molar-refractivity contribution in [3.8, 4) is 0 Å². The van der Waals surface area contributed by atoms with Crippen molar-refractivity contribution in [2.45, 2.75) is 28.7 Å². The summed E-state index contributed by atoms with van der Waals surface area (Å²) in [5.41, 5.74) is 0.993. The van der Waals surface area contributed by atoms with Crippen LogP contribution in [0, 0.1) is 0 Å². The Balaban J connectivity index is 1.60. The predicted molar refractivity (Wildman–Crippen MR) is 109 cm³/mol. The van der Waals surface area contributed by atoms with Gasteiger partial charge in [0.15, 0.2) is 0 Å². The molecule has 2 saturated heterocycles. The number of likely N-dealkylation sites (tertiary alicyclic amines) is 1. The molecule has 0 unspecified atom stereocenters. The van der Waals surface area contributed by atoms with E-state index in [1.807, 2.05) is 30.3 Å². The topological polar surface area (TPSA) is 87.2 Å². The molecule has 156 valence electrons. The lowest BCUT2D eigenvalue weighted by Crippen LogP contribution is -2.40. The summed E-state index contributed by atoms with van der Waals surface area (Å²) in [6.45, 7) is 1.42. The van der Waals surface area contributed by atoms with Gasteiger partial charge in [-0.1, -0.05) is 30.3 Å². The second-order valence-electron chi connectivity index (χ2n) is 7.33. The fourth-order valence-corrected chi connectivity index (χ4v) is 6.97. The Morgan fingerprint density at radius 1 is 1.14 bits per heavy atom. The third kappa shape index (κ3) is 3.85. The molecule has 3 heterocycles. The standard InChI is InChI=1S/C20H24N2O5S2/c1-21-17(23)13-15(14-5-3-2-4-6-14)19(21)20(24)16-7-8-18(28-16)29(25,26)22-9-11-27-12-10-22/h2-8,15,19-20,24H,9-13H2,1H3/t15-,19-,20-/m1/s1. The van der Waals surface area contributed by atoms with Crippen molar-refractivity contribution in [3.63, 3.8) is 0 Å². The van der Waals surface area contributed by atoms with E-state index in [1.54, 1.807) is 24.1 Å². The third-order valence-corrected chi connectivity index (χ3v) is 9.18. The van der Waals surface area contributed by atoms with Crippen molar-refractivity contribution < 1.29 is 23.1 Å². The van der Waals surface area contributed by atoms with Gasteiger partial charge in [0.1, 0.15) is 10.3 Å². The zero-order valence-corrected chi connectivity index (χ0v) is 17.7. The van der Waals surface area contributed by atoms with E-state index in [-0.39, 0.29) is 16.0 Å². The minimum atomic E-state index is -3.61. The van der Waals surface area contributed by atoms with Crippen LogP contribution in [0.3, 0.4) is 0 Å². The summed E-state index contributed by atoms with van der Waals surface area (Å²) in [5, 5.41) is 11.1. The number of ether oxygens (including phenoxy) is 1. The van der Waals surface area contributed by atoms with Gasteiger partial charge in [-0.05, 0) is 17.7 Å². The number of aliphatic hydroxyl groups excluding tert-OH is 1. The molecule has 1 aromatic carbocycles. The number of carbonyl (C=O) groups excluding carboxylic acids is 1. The number of hydrogen-bond donors (Lipinski definition) is 1. The second kappa shape index (κ2) is 8.16. The highest BCUT2D eigenvalue weighted by Crippen LogP contribution is 2.42. The van der Waals surface area contributed by atoms with Crippen molar-refractivity contribution in [1.82, 2.24) is 9.21 Å². The average Bonchev–Trinajstić information content (AvgIpc) is 3.35. The van der Waals surface area contributed by atoms with Crippen LogP contribution in [-0.2, 0) is 19.6 Å². The average molecular weight is 437 g/mol. The number of carbonyl (C=O) groups is 1. The minimum absolute atomic E-state index is 0.0272. The molecule has 0 saturated carbocycles. The van der Waals surface area contributed by atoms with Crippen molar-refractivity contribution in [1.29, 1.82) is 0 Å². The van der Waals surface area contributed by atoms with Crippen LogP contribution in [-0.4, -0.2) is 68.0 Å². The van der Waals surface area contributed by atoms with Crippen molar-refractivity contribution in [2.75, 3.05) is 33.4 Å². The smallest absolute Gasteiger partial charge is 0.252 e. The first kappa shape index (κ1) is 20.5. The summed E-state index contributed by atoms with van der Waals surface area (Å²) in [5.74, 6) is -0.175. The molecule has 7 nitrogen and oxygen atoms in total. The lowest BCUT2D eigenvalue weighted by Gasteiger charge is -2.29. The summed E-state index contributed by atoms with van der Waals surface area (Å²) in [6, 6.07) is 12.4. The van der Waals surface area contributed by atoms with Gasteiger partial charge in [0.2, 0.25) is 5.91 Å². The predicted octanol–water partition coefficient (Wildman–Crippen LogP) is 1.82. The SMILES string of the molecule is CN1C(=O)C[C@H](c2ccccc2)[C@@H]1[C@H](O)c1ccc(S(=O)(=O)N2CCOCC2)s1. The van der Waals surface area contributed by atoms with Gasteiger partial charge in [-0.15, -0.1) is 11.3 Å². The molecule has 0 spiro atoms. The van der Waals surface area contributed by atoms with Crippen LogP contribution in [0.2, 0.25) is 0 Å². The Morgan fingerprint density at radius 3 is 2.52 bits per heavy atom. The van der Waals surface area contributed by atoms with Crippen LogP contribution in [0.15, 0.2) is 46.7 Å². The molecule has 9 heteroatoms. The van der Waals surface area contributed by atoms with Gasteiger partial charge < -0.3 is 14.7 Å². The molecule has 2 aliphatic heterocycles. The Labute approximate surface area is 174 Å². The molecular formula is C20H24N2O5S2. The molecule has 1 amide bonds. The van der Waals surface area contributed by atoms with Gasteiger partial charge in [0.05, 0.1) is 19.3 Å². The number of likely N-dealkylation sites (N-methyl/N-ethyl adjacent to an activating group) is 1.